The lowest BCUT2D eigenvalue weighted by molar-refractivity contribution is -0.130. The number of hydrogen-bond donors (Lipinski definition) is 2. The Bertz CT molecular complexity index is 928. The molecule has 0 unspecified atom stereocenters. The fraction of sp³-hybridized carbons (Fsp3) is 0.200. The van der Waals surface area contributed by atoms with Crippen molar-refractivity contribution in [1.29, 1.82) is 0 Å². The van der Waals surface area contributed by atoms with Crippen molar-refractivity contribution in [3.63, 3.8) is 0 Å². The largest absolute Gasteiger partial charge is 0.483 e. The minimum absolute atomic E-state index is 0.102. The molecule has 3 aromatic rings. The quantitative estimate of drug-likeness (QED) is 0.586. The molecule has 2 N–H and O–H groups in total. The van der Waals surface area contributed by atoms with Crippen LogP contribution in [0.1, 0.15) is 34.6 Å². The Morgan fingerprint density at radius 3 is 1.77 bits per heavy atom. The SMILES string of the molecule is Cc1cccc(C)c1OCC(=O)NNC(=O)CC(c1ccccc1)c1ccccc1. The fourth-order valence-electron chi connectivity index (χ4n) is 3.38. The normalized spacial score (nSPS) is 10.5. The molecule has 3 rings (SSSR count). The molecule has 154 valence electrons. The molecule has 0 bridgehead atoms. The van der Waals surface area contributed by atoms with Crippen LogP contribution in [0.2, 0.25) is 0 Å². The lowest BCUT2D eigenvalue weighted by Gasteiger charge is -2.18. The molecule has 0 fully saturated rings. The molecule has 0 saturated carbocycles. The van der Waals surface area contributed by atoms with Gasteiger partial charge in [-0.15, -0.1) is 0 Å². The first-order chi connectivity index (χ1) is 14.5. The number of hydrazine groups is 1. The number of amides is 2. The van der Waals surface area contributed by atoms with Crippen LogP contribution in [0, 0.1) is 13.8 Å². The third kappa shape index (κ3) is 5.70. The standard InChI is InChI=1S/C25H26N2O3/c1-18-10-9-11-19(2)25(18)30-17-24(29)27-26-23(28)16-22(20-12-5-3-6-13-20)21-14-7-4-8-15-21/h3-15,22H,16-17H2,1-2H3,(H,26,28)(H,27,29). The highest BCUT2D eigenvalue weighted by atomic mass is 16.5. The second-order valence-corrected chi connectivity index (χ2v) is 7.18. The zero-order chi connectivity index (χ0) is 21.3. The van der Waals surface area contributed by atoms with Crippen LogP contribution in [-0.4, -0.2) is 18.4 Å². The third-order valence-corrected chi connectivity index (χ3v) is 4.89. The van der Waals surface area contributed by atoms with Crippen molar-refractivity contribution in [2.24, 2.45) is 0 Å². The summed E-state index contributed by atoms with van der Waals surface area (Å²) in [7, 11) is 0. The van der Waals surface area contributed by atoms with E-state index in [1.54, 1.807) is 0 Å². The third-order valence-electron chi connectivity index (χ3n) is 4.89. The van der Waals surface area contributed by atoms with E-state index in [2.05, 4.69) is 10.9 Å². The predicted molar refractivity (Wildman–Crippen MR) is 117 cm³/mol. The number of carbonyl (C=O) groups excluding carboxylic acids is 2. The van der Waals surface area contributed by atoms with Crippen molar-refractivity contribution < 1.29 is 14.3 Å². The van der Waals surface area contributed by atoms with Crippen molar-refractivity contribution in [1.82, 2.24) is 10.9 Å². The topological polar surface area (TPSA) is 67.4 Å². The summed E-state index contributed by atoms with van der Waals surface area (Å²) in [4.78, 5) is 24.6. The van der Waals surface area contributed by atoms with E-state index in [9.17, 15) is 9.59 Å². The Labute approximate surface area is 177 Å². The van der Waals surface area contributed by atoms with Gasteiger partial charge in [-0.25, -0.2) is 0 Å². The maximum Gasteiger partial charge on any atom is 0.276 e. The highest BCUT2D eigenvalue weighted by molar-refractivity contribution is 5.83. The second-order valence-electron chi connectivity index (χ2n) is 7.18. The van der Waals surface area contributed by atoms with E-state index < -0.39 is 5.91 Å². The zero-order valence-electron chi connectivity index (χ0n) is 17.2. The van der Waals surface area contributed by atoms with Gasteiger partial charge >= 0.3 is 0 Å². The average Bonchev–Trinajstić information content (AvgIpc) is 2.77. The van der Waals surface area contributed by atoms with Crippen LogP contribution in [-0.2, 0) is 9.59 Å². The maximum absolute atomic E-state index is 12.5. The molecule has 3 aromatic carbocycles. The first-order valence-corrected chi connectivity index (χ1v) is 9.91. The highest BCUT2D eigenvalue weighted by Crippen LogP contribution is 2.27. The Balaban J connectivity index is 1.56. The van der Waals surface area contributed by atoms with Gasteiger partial charge in [0.1, 0.15) is 5.75 Å². The number of nitrogens with one attached hydrogen (secondary N) is 2. The monoisotopic (exact) mass is 402 g/mol. The summed E-state index contributed by atoms with van der Waals surface area (Å²) in [5.41, 5.74) is 8.94. The number of carbonyl (C=O) groups is 2. The molecule has 5 nitrogen and oxygen atoms in total. The van der Waals surface area contributed by atoms with E-state index in [0.717, 1.165) is 22.3 Å². The first kappa shape index (κ1) is 21.1. The number of benzene rings is 3. The summed E-state index contributed by atoms with van der Waals surface area (Å²) in [6.45, 7) is 3.68. The molecule has 30 heavy (non-hydrogen) atoms. The molecule has 0 radical (unpaired) electrons. The van der Waals surface area contributed by atoms with Gasteiger partial charge in [-0.1, -0.05) is 78.9 Å². The predicted octanol–water partition coefficient (Wildman–Crippen LogP) is 4.05. The van der Waals surface area contributed by atoms with Crippen LogP contribution in [0.25, 0.3) is 0 Å². The highest BCUT2D eigenvalue weighted by Gasteiger charge is 2.18. The molecular formula is C25H26N2O3. The lowest BCUT2D eigenvalue weighted by atomic mass is 9.88. The summed E-state index contributed by atoms with van der Waals surface area (Å²) >= 11 is 0. The van der Waals surface area contributed by atoms with Crippen LogP contribution in [0.4, 0.5) is 0 Å². The smallest absolute Gasteiger partial charge is 0.276 e. The molecule has 5 heteroatoms. The van der Waals surface area contributed by atoms with Crippen molar-refractivity contribution in [3.8, 4) is 5.75 Å². The zero-order valence-corrected chi connectivity index (χ0v) is 17.2. The number of aryl methyl sites for hydroxylation is 2. The van der Waals surface area contributed by atoms with E-state index in [1.807, 2.05) is 92.7 Å². The molecule has 0 saturated heterocycles. The van der Waals surface area contributed by atoms with Crippen LogP contribution in [0.5, 0.6) is 5.75 Å². The van der Waals surface area contributed by atoms with Gasteiger partial charge in [-0.3, -0.25) is 20.4 Å². The molecule has 2 amide bonds. The van der Waals surface area contributed by atoms with Crippen molar-refractivity contribution >= 4 is 11.8 Å². The molecule has 0 aliphatic rings. The Morgan fingerprint density at radius 2 is 1.23 bits per heavy atom. The molecule has 0 aromatic heterocycles. The minimum Gasteiger partial charge on any atom is -0.483 e. The Morgan fingerprint density at radius 1 is 0.733 bits per heavy atom. The number of hydrogen-bond acceptors (Lipinski definition) is 3. The van der Waals surface area contributed by atoms with Crippen LogP contribution in [0.15, 0.2) is 78.9 Å². The molecule has 0 atom stereocenters. The van der Waals surface area contributed by atoms with Crippen LogP contribution in [0.3, 0.4) is 0 Å². The van der Waals surface area contributed by atoms with Crippen LogP contribution >= 0.6 is 0 Å². The molecular weight excluding hydrogens is 376 g/mol. The Kier molecular flexibility index (Phi) is 7.22. The van der Waals surface area contributed by atoms with Gasteiger partial charge in [0.05, 0.1) is 0 Å². The van der Waals surface area contributed by atoms with Crippen LogP contribution < -0.4 is 15.6 Å². The van der Waals surface area contributed by atoms with Gasteiger partial charge in [0, 0.05) is 12.3 Å². The summed E-state index contributed by atoms with van der Waals surface area (Å²) in [5, 5.41) is 0. The number of para-hydroxylation sites is 1. The van der Waals surface area contributed by atoms with Gasteiger partial charge in [0.2, 0.25) is 5.91 Å². The van der Waals surface area contributed by atoms with Crippen molar-refractivity contribution in [3.05, 3.63) is 101 Å². The molecule has 0 spiro atoms. The number of ether oxygens (including phenoxy) is 1. The molecule has 0 heterocycles. The van der Waals surface area contributed by atoms with Gasteiger partial charge in [0.25, 0.3) is 5.91 Å². The van der Waals surface area contributed by atoms with Gasteiger partial charge in [-0.05, 0) is 36.1 Å². The second kappa shape index (κ2) is 10.3. The van der Waals surface area contributed by atoms with E-state index in [1.165, 1.54) is 0 Å². The molecule has 0 aliphatic carbocycles. The van der Waals surface area contributed by atoms with Gasteiger partial charge < -0.3 is 4.74 Å². The van der Waals surface area contributed by atoms with E-state index in [-0.39, 0.29) is 24.9 Å². The van der Waals surface area contributed by atoms with E-state index >= 15 is 0 Å². The van der Waals surface area contributed by atoms with E-state index in [4.69, 9.17) is 4.74 Å². The summed E-state index contributed by atoms with van der Waals surface area (Å²) in [6, 6.07) is 25.5. The fourth-order valence-corrected chi connectivity index (χ4v) is 3.38. The maximum atomic E-state index is 12.5. The summed E-state index contributed by atoms with van der Waals surface area (Å²) in [5.74, 6) is -0.0996. The first-order valence-electron chi connectivity index (χ1n) is 9.91. The summed E-state index contributed by atoms with van der Waals surface area (Å²) < 4.78 is 5.62. The van der Waals surface area contributed by atoms with E-state index in [0.29, 0.717) is 5.75 Å². The van der Waals surface area contributed by atoms with Gasteiger partial charge in [-0.2, -0.15) is 0 Å². The van der Waals surface area contributed by atoms with Gasteiger partial charge in [0.15, 0.2) is 6.61 Å². The van der Waals surface area contributed by atoms with Crippen molar-refractivity contribution in [2.75, 3.05) is 6.61 Å². The Hall–Kier alpha value is -3.60. The van der Waals surface area contributed by atoms with Crippen molar-refractivity contribution in [2.45, 2.75) is 26.2 Å². The summed E-state index contributed by atoms with van der Waals surface area (Å²) in [6.07, 6.45) is 0.214. The lowest BCUT2D eigenvalue weighted by Crippen LogP contribution is -2.44. The number of rotatable bonds is 7. The molecule has 0 aliphatic heterocycles. The average molecular weight is 402 g/mol. The minimum atomic E-state index is -0.415.